The third kappa shape index (κ3) is 3.52. The standard InChI is InChI=1S/C12H14FIN4O2S/c1-7-9(6-15-2)12(17-16-7)21(19,20)18-11-4-3-8(13)5-10(11)14/h3-5,15,18H,6H2,1-2H3,(H,16,17). The van der Waals surface area contributed by atoms with Gasteiger partial charge in [-0.2, -0.15) is 13.5 Å². The van der Waals surface area contributed by atoms with E-state index in [0.717, 1.165) is 0 Å². The van der Waals surface area contributed by atoms with E-state index in [4.69, 9.17) is 0 Å². The van der Waals surface area contributed by atoms with Gasteiger partial charge < -0.3 is 5.32 Å². The summed E-state index contributed by atoms with van der Waals surface area (Å²) in [6, 6.07) is 3.83. The Balaban J connectivity index is 2.39. The van der Waals surface area contributed by atoms with Crippen molar-refractivity contribution in [2.24, 2.45) is 0 Å². The van der Waals surface area contributed by atoms with E-state index in [1.165, 1.54) is 18.2 Å². The van der Waals surface area contributed by atoms with Gasteiger partial charge in [-0.3, -0.25) is 9.82 Å². The molecule has 1 heterocycles. The predicted molar refractivity (Wildman–Crippen MR) is 86.0 cm³/mol. The third-order valence-electron chi connectivity index (χ3n) is 2.82. The van der Waals surface area contributed by atoms with Crippen LogP contribution in [0, 0.1) is 16.3 Å². The van der Waals surface area contributed by atoms with Crippen molar-refractivity contribution >= 4 is 38.3 Å². The van der Waals surface area contributed by atoms with Crippen molar-refractivity contribution in [3.63, 3.8) is 0 Å². The summed E-state index contributed by atoms with van der Waals surface area (Å²) in [6.07, 6.45) is 0. The first-order chi connectivity index (χ1) is 9.85. The normalized spacial score (nSPS) is 11.6. The summed E-state index contributed by atoms with van der Waals surface area (Å²) in [7, 11) is -2.12. The number of aryl methyl sites for hydroxylation is 1. The van der Waals surface area contributed by atoms with Gasteiger partial charge in [0.1, 0.15) is 5.82 Å². The molecule has 0 aliphatic carbocycles. The number of nitrogens with zero attached hydrogens (tertiary/aromatic N) is 1. The average Bonchev–Trinajstić information content (AvgIpc) is 2.76. The van der Waals surface area contributed by atoms with Crippen molar-refractivity contribution in [1.29, 1.82) is 0 Å². The van der Waals surface area contributed by atoms with Crippen molar-refractivity contribution in [1.82, 2.24) is 15.5 Å². The van der Waals surface area contributed by atoms with Crippen LogP contribution in [-0.4, -0.2) is 25.7 Å². The molecule has 0 saturated carbocycles. The van der Waals surface area contributed by atoms with Crippen LogP contribution in [0.5, 0.6) is 0 Å². The lowest BCUT2D eigenvalue weighted by atomic mass is 10.3. The Morgan fingerprint density at radius 1 is 1.43 bits per heavy atom. The maximum Gasteiger partial charge on any atom is 0.281 e. The van der Waals surface area contributed by atoms with E-state index in [0.29, 0.717) is 27.1 Å². The van der Waals surface area contributed by atoms with Crippen LogP contribution in [0.4, 0.5) is 10.1 Å². The lowest BCUT2D eigenvalue weighted by Crippen LogP contribution is -2.18. The molecule has 0 spiro atoms. The van der Waals surface area contributed by atoms with E-state index in [2.05, 4.69) is 20.2 Å². The third-order valence-corrected chi connectivity index (χ3v) is 5.05. The molecule has 0 fully saturated rings. The molecule has 0 bridgehead atoms. The Morgan fingerprint density at radius 3 is 2.76 bits per heavy atom. The van der Waals surface area contributed by atoms with Gasteiger partial charge in [-0.15, -0.1) is 0 Å². The van der Waals surface area contributed by atoms with Crippen LogP contribution < -0.4 is 10.0 Å². The predicted octanol–water partition coefficient (Wildman–Crippen LogP) is 1.98. The Labute approximate surface area is 135 Å². The number of anilines is 1. The van der Waals surface area contributed by atoms with Gasteiger partial charge in [-0.25, -0.2) is 4.39 Å². The molecule has 21 heavy (non-hydrogen) atoms. The number of rotatable bonds is 5. The summed E-state index contributed by atoms with van der Waals surface area (Å²) in [4.78, 5) is 0. The van der Waals surface area contributed by atoms with E-state index in [-0.39, 0.29) is 5.03 Å². The highest BCUT2D eigenvalue weighted by molar-refractivity contribution is 14.1. The average molecular weight is 424 g/mol. The van der Waals surface area contributed by atoms with Crippen LogP contribution in [0.15, 0.2) is 23.2 Å². The van der Waals surface area contributed by atoms with Crippen molar-refractivity contribution < 1.29 is 12.8 Å². The highest BCUT2D eigenvalue weighted by Crippen LogP contribution is 2.24. The fraction of sp³-hybridized carbons (Fsp3) is 0.250. The first-order valence-electron chi connectivity index (χ1n) is 6.01. The first-order valence-corrected chi connectivity index (χ1v) is 8.57. The lowest BCUT2D eigenvalue weighted by Gasteiger charge is -2.09. The SMILES string of the molecule is CNCc1c(S(=O)(=O)Nc2ccc(F)cc2I)n[nH]c1C. The summed E-state index contributed by atoms with van der Waals surface area (Å²) in [5, 5.41) is 9.37. The number of H-pyrrole nitrogens is 1. The summed E-state index contributed by atoms with van der Waals surface area (Å²) < 4.78 is 40.8. The number of hydrogen-bond acceptors (Lipinski definition) is 4. The van der Waals surface area contributed by atoms with Gasteiger partial charge >= 0.3 is 0 Å². The molecule has 0 aliphatic rings. The molecule has 2 aromatic rings. The number of aromatic nitrogens is 2. The first kappa shape index (κ1) is 16.2. The van der Waals surface area contributed by atoms with E-state index in [9.17, 15) is 12.8 Å². The fourth-order valence-electron chi connectivity index (χ4n) is 1.80. The van der Waals surface area contributed by atoms with Crippen LogP contribution in [0.3, 0.4) is 0 Å². The zero-order chi connectivity index (χ0) is 15.6. The van der Waals surface area contributed by atoms with Crippen LogP contribution in [0.2, 0.25) is 0 Å². The minimum absolute atomic E-state index is 0.0607. The summed E-state index contributed by atoms with van der Waals surface area (Å²) in [5.41, 5.74) is 1.56. The molecule has 9 heteroatoms. The number of sulfonamides is 1. The molecule has 114 valence electrons. The van der Waals surface area contributed by atoms with Gasteiger partial charge in [0.2, 0.25) is 5.03 Å². The van der Waals surface area contributed by atoms with Gasteiger partial charge in [0.25, 0.3) is 10.0 Å². The molecular weight excluding hydrogens is 410 g/mol. The molecule has 0 atom stereocenters. The van der Waals surface area contributed by atoms with E-state index in [1.54, 1.807) is 14.0 Å². The van der Waals surface area contributed by atoms with Crippen molar-refractivity contribution in [3.8, 4) is 0 Å². The monoisotopic (exact) mass is 424 g/mol. The molecule has 0 radical (unpaired) electrons. The Kier molecular flexibility index (Phi) is 4.84. The number of benzene rings is 1. The fourth-order valence-corrected chi connectivity index (χ4v) is 3.88. The summed E-state index contributed by atoms with van der Waals surface area (Å²) >= 11 is 1.87. The zero-order valence-corrected chi connectivity index (χ0v) is 14.3. The van der Waals surface area contributed by atoms with Crippen LogP contribution in [0.1, 0.15) is 11.3 Å². The lowest BCUT2D eigenvalue weighted by molar-refractivity contribution is 0.594. The highest BCUT2D eigenvalue weighted by Gasteiger charge is 2.24. The molecule has 0 aliphatic heterocycles. The van der Waals surface area contributed by atoms with Gasteiger partial charge in [0.15, 0.2) is 0 Å². The second-order valence-electron chi connectivity index (χ2n) is 4.39. The van der Waals surface area contributed by atoms with Gasteiger partial charge in [0, 0.05) is 21.4 Å². The maximum absolute atomic E-state index is 13.1. The summed E-state index contributed by atoms with van der Waals surface area (Å²) in [6.45, 7) is 2.12. The van der Waals surface area contributed by atoms with Gasteiger partial charge in [-0.1, -0.05) is 0 Å². The molecule has 2 rings (SSSR count). The van der Waals surface area contributed by atoms with E-state index < -0.39 is 15.8 Å². The number of hydrogen-bond donors (Lipinski definition) is 3. The number of halogens is 2. The smallest absolute Gasteiger partial charge is 0.281 e. The zero-order valence-electron chi connectivity index (χ0n) is 11.4. The number of nitrogens with one attached hydrogen (secondary N) is 3. The van der Waals surface area contributed by atoms with Crippen molar-refractivity contribution in [2.75, 3.05) is 11.8 Å². The second kappa shape index (κ2) is 6.28. The quantitative estimate of drug-likeness (QED) is 0.641. The van der Waals surface area contributed by atoms with E-state index in [1.807, 2.05) is 22.6 Å². The maximum atomic E-state index is 13.1. The van der Waals surface area contributed by atoms with E-state index >= 15 is 0 Å². The highest BCUT2D eigenvalue weighted by atomic mass is 127. The Morgan fingerprint density at radius 2 is 2.14 bits per heavy atom. The number of aromatic amines is 1. The van der Waals surface area contributed by atoms with Crippen molar-refractivity contribution in [2.45, 2.75) is 18.5 Å². The second-order valence-corrected chi connectivity index (χ2v) is 7.15. The molecule has 6 nitrogen and oxygen atoms in total. The minimum atomic E-state index is -3.84. The van der Waals surface area contributed by atoms with Crippen LogP contribution in [0.25, 0.3) is 0 Å². The van der Waals surface area contributed by atoms with Crippen molar-refractivity contribution in [3.05, 3.63) is 38.8 Å². The molecule has 0 amide bonds. The van der Waals surface area contributed by atoms with Gasteiger partial charge in [-0.05, 0) is 54.8 Å². The summed E-state index contributed by atoms with van der Waals surface area (Å²) in [5.74, 6) is -0.422. The van der Waals surface area contributed by atoms with Crippen LogP contribution >= 0.6 is 22.6 Å². The molecule has 1 aromatic carbocycles. The molecule has 3 N–H and O–H groups in total. The molecular formula is C12H14FIN4O2S. The Bertz CT molecular complexity index is 761. The minimum Gasteiger partial charge on any atom is -0.316 e. The largest absolute Gasteiger partial charge is 0.316 e. The molecule has 0 saturated heterocycles. The Hall–Kier alpha value is -1.20. The molecule has 0 unspecified atom stereocenters. The topological polar surface area (TPSA) is 86.9 Å². The van der Waals surface area contributed by atoms with Crippen LogP contribution in [-0.2, 0) is 16.6 Å². The van der Waals surface area contributed by atoms with Gasteiger partial charge in [0.05, 0.1) is 5.69 Å². The molecule has 1 aromatic heterocycles.